The molecule has 2 fully saturated rings. The van der Waals surface area contributed by atoms with Gasteiger partial charge in [-0.3, -0.25) is 4.79 Å². The molecule has 1 saturated heterocycles. The minimum atomic E-state index is -1.36. The molecule has 4 rings (SSSR count). The summed E-state index contributed by atoms with van der Waals surface area (Å²) in [6.07, 6.45) is 4.31. The Bertz CT molecular complexity index is 1320. The number of hydrogen-bond donors (Lipinski definition) is 2. The molecule has 2 aromatic rings. The summed E-state index contributed by atoms with van der Waals surface area (Å²) >= 11 is 0. The van der Waals surface area contributed by atoms with Crippen LogP contribution >= 0.6 is 0 Å². The number of halogens is 1. The third-order valence-corrected chi connectivity index (χ3v) is 6.13. The number of nitrogens with one attached hydrogen (secondary N) is 1. The largest absolute Gasteiger partial charge is 0.477 e. The van der Waals surface area contributed by atoms with Crippen LogP contribution in [0.1, 0.15) is 43.1 Å². The quantitative estimate of drug-likeness (QED) is 0.301. The minimum Gasteiger partial charge on any atom is -0.477 e. The van der Waals surface area contributed by atoms with E-state index >= 15 is 4.39 Å². The average Bonchev–Trinajstić information content (AvgIpc) is 3.59. The highest BCUT2D eigenvalue weighted by Gasteiger charge is 2.34. The van der Waals surface area contributed by atoms with Crippen LogP contribution in [-0.4, -0.2) is 65.7 Å². The number of allylic oxidation sites excluding steroid dienone is 1. The predicted molar refractivity (Wildman–Crippen MR) is 130 cm³/mol. The van der Waals surface area contributed by atoms with E-state index in [4.69, 9.17) is 9.57 Å². The number of aromatic nitrogens is 2. The lowest BCUT2D eigenvalue weighted by molar-refractivity contribution is -0.137. The number of fused-ring (bicyclic) bond motifs is 1. The maximum atomic E-state index is 15.3. The number of nitrogens with zero attached hydrogens (tertiary/aromatic N) is 4. The first kappa shape index (κ1) is 25.1. The highest BCUT2D eigenvalue weighted by atomic mass is 19.1. The van der Waals surface area contributed by atoms with Gasteiger partial charge in [0.1, 0.15) is 18.3 Å². The zero-order valence-corrected chi connectivity index (χ0v) is 20.3. The van der Waals surface area contributed by atoms with Gasteiger partial charge in [0.05, 0.1) is 24.2 Å². The lowest BCUT2D eigenvalue weighted by Gasteiger charge is -2.20. The number of aromatic carboxylic acids is 1. The molecule has 2 N–H and O–H groups in total. The van der Waals surface area contributed by atoms with Gasteiger partial charge < -0.3 is 29.5 Å². The van der Waals surface area contributed by atoms with Crippen molar-refractivity contribution in [2.75, 3.05) is 38.3 Å². The van der Waals surface area contributed by atoms with Gasteiger partial charge in [0.2, 0.25) is 5.43 Å². The van der Waals surface area contributed by atoms with Crippen LogP contribution < -0.4 is 15.6 Å². The van der Waals surface area contributed by atoms with Gasteiger partial charge in [0.15, 0.2) is 11.6 Å². The number of anilines is 1. The highest BCUT2D eigenvalue weighted by Crippen LogP contribution is 2.37. The summed E-state index contributed by atoms with van der Waals surface area (Å²) in [4.78, 5) is 47.1. The van der Waals surface area contributed by atoms with E-state index in [1.165, 1.54) is 19.4 Å². The van der Waals surface area contributed by atoms with E-state index in [9.17, 15) is 19.5 Å². The predicted octanol–water partition coefficient (Wildman–Crippen LogP) is 2.06. The van der Waals surface area contributed by atoms with Gasteiger partial charge in [-0.15, -0.1) is 0 Å². The smallest absolute Gasteiger partial charge is 0.341 e. The van der Waals surface area contributed by atoms with Crippen molar-refractivity contribution in [3.05, 3.63) is 45.6 Å². The number of pyridine rings is 2. The van der Waals surface area contributed by atoms with Crippen molar-refractivity contribution in [2.24, 2.45) is 11.1 Å². The van der Waals surface area contributed by atoms with E-state index in [0.717, 1.165) is 18.9 Å². The number of carboxylic acid groups (broad SMARTS) is 1. The van der Waals surface area contributed by atoms with Gasteiger partial charge in [0, 0.05) is 43.0 Å². The Morgan fingerprint density at radius 2 is 2.14 bits per heavy atom. The number of rotatable bonds is 9. The molecule has 1 aliphatic heterocycles. The molecular formula is C24H28FN5O6. The molecular weight excluding hydrogens is 473 g/mol. The Balaban J connectivity index is 1.64. The Kier molecular flexibility index (Phi) is 7.22. The first-order valence-corrected chi connectivity index (χ1v) is 11.7. The fraction of sp³-hybridized carbons (Fsp3) is 0.458. The molecule has 2 aromatic heterocycles. The monoisotopic (exact) mass is 501 g/mol. The van der Waals surface area contributed by atoms with E-state index in [-0.39, 0.29) is 42.0 Å². The summed E-state index contributed by atoms with van der Waals surface area (Å²) < 4.78 is 21.8. The normalized spacial score (nSPS) is 19.1. The molecule has 0 spiro atoms. The number of carboxylic acids is 1. The summed E-state index contributed by atoms with van der Waals surface area (Å²) in [6.45, 7) is 4.76. The average molecular weight is 502 g/mol. The van der Waals surface area contributed by atoms with Crippen LogP contribution in [0.3, 0.4) is 0 Å². The molecule has 1 saturated carbocycles. The Hall–Kier alpha value is -3.96. The SMILES string of the molecule is CCOC(=O)/C=C(/C)NCC1CN(c2nc3c(cc2F)c(=O)c(C(=O)O)cn3C2CC2)C/C1=N\OC. The number of hydrogen-bond acceptors (Lipinski definition) is 9. The number of esters is 1. The van der Waals surface area contributed by atoms with E-state index in [1.807, 2.05) is 0 Å². The molecule has 12 heteroatoms. The van der Waals surface area contributed by atoms with Gasteiger partial charge in [-0.25, -0.2) is 19.0 Å². The zero-order valence-electron chi connectivity index (χ0n) is 20.3. The summed E-state index contributed by atoms with van der Waals surface area (Å²) in [7, 11) is 1.43. The maximum Gasteiger partial charge on any atom is 0.341 e. The van der Waals surface area contributed by atoms with Crippen molar-refractivity contribution in [3.8, 4) is 0 Å². The second kappa shape index (κ2) is 10.3. The van der Waals surface area contributed by atoms with Crippen molar-refractivity contribution in [2.45, 2.75) is 32.7 Å². The van der Waals surface area contributed by atoms with E-state index in [2.05, 4.69) is 15.5 Å². The summed E-state index contributed by atoms with van der Waals surface area (Å²) in [5.74, 6) is -2.66. The van der Waals surface area contributed by atoms with Crippen LogP contribution in [0.5, 0.6) is 0 Å². The number of oxime groups is 1. The van der Waals surface area contributed by atoms with Crippen LogP contribution in [0, 0.1) is 11.7 Å². The summed E-state index contributed by atoms with van der Waals surface area (Å²) in [5, 5.41) is 16.6. The lowest BCUT2D eigenvalue weighted by Crippen LogP contribution is -2.28. The highest BCUT2D eigenvalue weighted by molar-refractivity contribution is 5.95. The van der Waals surface area contributed by atoms with Gasteiger partial charge in [0.25, 0.3) is 0 Å². The first-order chi connectivity index (χ1) is 17.2. The molecule has 11 nitrogen and oxygen atoms in total. The van der Waals surface area contributed by atoms with E-state index < -0.39 is 28.7 Å². The Labute approximate surface area is 206 Å². The molecule has 36 heavy (non-hydrogen) atoms. The standard InChI is InChI=1S/C24H28FN5O6/c1-4-36-20(31)7-13(2)26-9-14-10-29(12-19(14)28-35-3)23-18(25)8-16-21(32)17(24(33)34)11-30(15-5-6-15)22(16)27-23/h7-8,11,14-15,26H,4-6,9-10,12H2,1-3H3,(H,33,34)/b13-7-,28-19+. The molecule has 3 heterocycles. The zero-order chi connectivity index (χ0) is 26.0. The Morgan fingerprint density at radius 3 is 2.78 bits per heavy atom. The van der Waals surface area contributed by atoms with Crippen LogP contribution in [0.15, 0.2) is 34.0 Å². The number of carbonyl (C=O) groups excluding carboxylic acids is 1. The van der Waals surface area contributed by atoms with E-state index in [1.54, 1.807) is 23.3 Å². The molecule has 1 unspecified atom stereocenters. The number of ether oxygens (including phenoxy) is 1. The van der Waals surface area contributed by atoms with Gasteiger partial charge in [-0.1, -0.05) is 5.16 Å². The van der Waals surface area contributed by atoms with Crippen molar-refractivity contribution in [1.82, 2.24) is 14.9 Å². The van der Waals surface area contributed by atoms with Gasteiger partial charge >= 0.3 is 11.9 Å². The second-order valence-corrected chi connectivity index (χ2v) is 8.78. The lowest BCUT2D eigenvalue weighted by atomic mass is 10.1. The van der Waals surface area contributed by atoms with Crippen LogP contribution in [0.4, 0.5) is 10.2 Å². The molecule has 192 valence electrons. The second-order valence-electron chi connectivity index (χ2n) is 8.78. The first-order valence-electron chi connectivity index (χ1n) is 11.7. The van der Waals surface area contributed by atoms with Crippen molar-refractivity contribution in [1.29, 1.82) is 0 Å². The number of carbonyl (C=O) groups is 2. The molecule has 2 aliphatic rings. The molecule has 0 radical (unpaired) electrons. The molecule has 1 atom stereocenters. The Morgan fingerprint density at radius 1 is 1.39 bits per heavy atom. The molecule has 1 aliphatic carbocycles. The fourth-order valence-corrected chi connectivity index (χ4v) is 4.26. The fourth-order valence-electron chi connectivity index (χ4n) is 4.26. The third kappa shape index (κ3) is 5.16. The van der Waals surface area contributed by atoms with Crippen molar-refractivity contribution < 1.29 is 28.7 Å². The molecule has 0 bridgehead atoms. The van der Waals surface area contributed by atoms with Gasteiger partial charge in [-0.2, -0.15) is 0 Å². The van der Waals surface area contributed by atoms with Gasteiger partial charge in [-0.05, 0) is 32.8 Å². The van der Waals surface area contributed by atoms with Crippen LogP contribution in [0.25, 0.3) is 11.0 Å². The summed E-state index contributed by atoms with van der Waals surface area (Å²) in [5.41, 5.74) is 0.360. The molecule has 0 aromatic carbocycles. The van der Waals surface area contributed by atoms with E-state index in [0.29, 0.717) is 24.5 Å². The molecule has 0 amide bonds. The minimum absolute atomic E-state index is 0.0207. The van der Waals surface area contributed by atoms with Crippen LogP contribution in [-0.2, 0) is 14.4 Å². The summed E-state index contributed by atoms with van der Waals surface area (Å²) in [6, 6.07) is 1.09. The van der Waals surface area contributed by atoms with Crippen molar-refractivity contribution in [3.63, 3.8) is 0 Å². The van der Waals surface area contributed by atoms with Crippen molar-refractivity contribution >= 4 is 34.5 Å². The van der Waals surface area contributed by atoms with Crippen LogP contribution in [0.2, 0.25) is 0 Å². The third-order valence-electron chi connectivity index (χ3n) is 6.13. The maximum absolute atomic E-state index is 15.3. The topological polar surface area (TPSA) is 135 Å².